The van der Waals surface area contributed by atoms with Gasteiger partial charge in [0, 0.05) is 49.2 Å². The number of fused-ring (bicyclic) bond motifs is 1. The zero-order valence-electron chi connectivity index (χ0n) is 16.7. The van der Waals surface area contributed by atoms with Gasteiger partial charge in [0.15, 0.2) is 0 Å². The summed E-state index contributed by atoms with van der Waals surface area (Å²) >= 11 is 3.25. The first-order valence-electron chi connectivity index (χ1n) is 10.0. The Morgan fingerprint density at radius 1 is 1.00 bits per heavy atom. The summed E-state index contributed by atoms with van der Waals surface area (Å²) in [6.45, 7) is 6.38. The molecule has 1 aromatic carbocycles. The smallest absolute Gasteiger partial charge is 0.264 e. The number of thiazole rings is 1. The lowest BCUT2D eigenvalue weighted by Crippen LogP contribution is -2.46. The molecule has 0 radical (unpaired) electrons. The molecule has 3 aromatic rings. The number of hydrogen-bond donors (Lipinski definition) is 0. The van der Waals surface area contributed by atoms with E-state index >= 15 is 0 Å². The summed E-state index contributed by atoms with van der Waals surface area (Å²) in [5.41, 5.74) is 1.91. The van der Waals surface area contributed by atoms with E-state index in [1.54, 1.807) is 23.6 Å². The van der Waals surface area contributed by atoms with Crippen molar-refractivity contribution in [3.63, 3.8) is 0 Å². The Morgan fingerprint density at radius 2 is 1.83 bits per heavy atom. The van der Waals surface area contributed by atoms with Crippen LogP contribution in [-0.4, -0.2) is 52.8 Å². The Labute approximate surface area is 183 Å². The molecule has 2 amide bonds. The van der Waals surface area contributed by atoms with Crippen LogP contribution in [-0.2, 0) is 6.54 Å². The van der Waals surface area contributed by atoms with Gasteiger partial charge in [-0.25, -0.2) is 4.98 Å². The minimum Gasteiger partial charge on any atom is -0.368 e. The Morgan fingerprint density at radius 3 is 2.53 bits per heavy atom. The van der Waals surface area contributed by atoms with Crippen molar-refractivity contribution in [1.82, 2.24) is 14.8 Å². The average molecular weight is 439 g/mol. The van der Waals surface area contributed by atoms with E-state index in [1.165, 1.54) is 21.1 Å². The molecule has 6 nitrogen and oxygen atoms in total. The molecule has 1 saturated heterocycles. The fourth-order valence-corrected chi connectivity index (χ4v) is 5.65. The van der Waals surface area contributed by atoms with Crippen molar-refractivity contribution in [1.29, 1.82) is 0 Å². The molecule has 0 N–H and O–H groups in total. The highest BCUT2D eigenvalue weighted by Gasteiger charge is 2.42. The van der Waals surface area contributed by atoms with E-state index in [-0.39, 0.29) is 17.9 Å². The molecule has 0 spiro atoms. The van der Waals surface area contributed by atoms with Gasteiger partial charge in [-0.1, -0.05) is 12.1 Å². The number of piperazine rings is 1. The SMILES string of the molecule is CC(c1nccs1)N1C(=O)c2cccc(N3CCN(Cc4cccs4)CC3)c2C1=O. The van der Waals surface area contributed by atoms with Crippen molar-refractivity contribution < 1.29 is 9.59 Å². The maximum absolute atomic E-state index is 13.3. The summed E-state index contributed by atoms with van der Waals surface area (Å²) in [6, 6.07) is 9.51. The van der Waals surface area contributed by atoms with E-state index in [1.807, 2.05) is 24.4 Å². The average Bonchev–Trinajstić information content (AvgIpc) is 3.51. The van der Waals surface area contributed by atoms with Crippen molar-refractivity contribution in [2.75, 3.05) is 31.1 Å². The highest BCUT2D eigenvalue weighted by molar-refractivity contribution is 7.10. The van der Waals surface area contributed by atoms with Crippen LogP contribution < -0.4 is 4.90 Å². The lowest BCUT2D eigenvalue weighted by Gasteiger charge is -2.36. The van der Waals surface area contributed by atoms with Gasteiger partial charge < -0.3 is 4.90 Å². The molecular weight excluding hydrogens is 416 g/mol. The Hall–Kier alpha value is -2.55. The fourth-order valence-electron chi connectivity index (χ4n) is 4.22. The molecule has 2 aliphatic rings. The molecule has 5 rings (SSSR count). The second-order valence-corrected chi connectivity index (χ2v) is 9.53. The van der Waals surface area contributed by atoms with Crippen molar-refractivity contribution in [3.05, 3.63) is 68.3 Å². The molecule has 1 unspecified atom stereocenters. The third kappa shape index (κ3) is 3.34. The number of amides is 2. The molecule has 0 saturated carbocycles. The normalized spacial score (nSPS) is 18.2. The second-order valence-electron chi connectivity index (χ2n) is 7.57. The van der Waals surface area contributed by atoms with Gasteiger partial charge >= 0.3 is 0 Å². The van der Waals surface area contributed by atoms with E-state index in [9.17, 15) is 9.59 Å². The van der Waals surface area contributed by atoms with Gasteiger partial charge in [0.05, 0.1) is 22.9 Å². The predicted molar refractivity (Wildman–Crippen MR) is 119 cm³/mol. The largest absolute Gasteiger partial charge is 0.368 e. The van der Waals surface area contributed by atoms with Crippen LogP contribution in [0.4, 0.5) is 5.69 Å². The molecule has 0 bridgehead atoms. The molecule has 1 fully saturated rings. The number of benzene rings is 1. The fraction of sp³-hybridized carbons (Fsp3) is 0.318. The standard InChI is InChI=1S/C22H22N4O2S2/c1-15(20-23-7-13-30-20)26-21(27)17-5-2-6-18(19(17)22(26)28)25-10-8-24(9-11-25)14-16-4-3-12-29-16/h2-7,12-13,15H,8-11,14H2,1H3. The summed E-state index contributed by atoms with van der Waals surface area (Å²) in [5.74, 6) is -0.440. The van der Waals surface area contributed by atoms with Gasteiger partial charge in [-0.2, -0.15) is 0 Å². The number of carbonyl (C=O) groups excluding carboxylic acids is 2. The van der Waals surface area contributed by atoms with Gasteiger partial charge in [0.1, 0.15) is 5.01 Å². The van der Waals surface area contributed by atoms with Crippen LogP contribution in [0.5, 0.6) is 0 Å². The van der Waals surface area contributed by atoms with E-state index in [0.717, 1.165) is 43.4 Å². The molecular formula is C22H22N4O2S2. The van der Waals surface area contributed by atoms with Gasteiger partial charge in [-0.05, 0) is 30.5 Å². The van der Waals surface area contributed by atoms with Crippen LogP contribution in [0.25, 0.3) is 0 Å². The molecule has 1 atom stereocenters. The van der Waals surface area contributed by atoms with E-state index < -0.39 is 0 Å². The Kier molecular flexibility index (Phi) is 5.14. The maximum atomic E-state index is 13.3. The molecule has 154 valence electrons. The molecule has 2 aliphatic heterocycles. The van der Waals surface area contributed by atoms with Crippen molar-refractivity contribution >= 4 is 40.2 Å². The topological polar surface area (TPSA) is 56.8 Å². The Bertz CT molecular complexity index is 1060. The highest BCUT2D eigenvalue weighted by Crippen LogP contribution is 2.37. The van der Waals surface area contributed by atoms with Crippen LogP contribution in [0.1, 0.15) is 43.6 Å². The van der Waals surface area contributed by atoms with Crippen LogP contribution in [0.3, 0.4) is 0 Å². The van der Waals surface area contributed by atoms with E-state index in [0.29, 0.717) is 11.1 Å². The van der Waals surface area contributed by atoms with Gasteiger partial charge in [-0.3, -0.25) is 19.4 Å². The lowest BCUT2D eigenvalue weighted by atomic mass is 10.1. The first-order chi connectivity index (χ1) is 14.6. The zero-order valence-corrected chi connectivity index (χ0v) is 18.3. The van der Waals surface area contributed by atoms with Gasteiger partial charge in [-0.15, -0.1) is 22.7 Å². The molecule has 2 aromatic heterocycles. The minimum absolute atomic E-state index is 0.214. The summed E-state index contributed by atoms with van der Waals surface area (Å²) < 4.78 is 0. The third-order valence-electron chi connectivity index (χ3n) is 5.79. The summed E-state index contributed by atoms with van der Waals surface area (Å²) in [7, 11) is 0. The van der Waals surface area contributed by atoms with Crippen LogP contribution in [0, 0.1) is 0 Å². The number of rotatable bonds is 5. The number of thiophene rings is 1. The monoisotopic (exact) mass is 438 g/mol. The summed E-state index contributed by atoms with van der Waals surface area (Å²) in [6.07, 6.45) is 1.70. The van der Waals surface area contributed by atoms with E-state index in [4.69, 9.17) is 0 Å². The van der Waals surface area contributed by atoms with Crippen LogP contribution >= 0.6 is 22.7 Å². The number of aromatic nitrogens is 1. The van der Waals surface area contributed by atoms with Gasteiger partial charge in [0.25, 0.3) is 11.8 Å². The number of hydrogen-bond acceptors (Lipinski definition) is 7. The third-order valence-corrected chi connectivity index (χ3v) is 7.60. The molecule has 0 aliphatic carbocycles. The van der Waals surface area contributed by atoms with Crippen LogP contribution in [0.15, 0.2) is 47.3 Å². The van der Waals surface area contributed by atoms with Crippen molar-refractivity contribution in [3.8, 4) is 0 Å². The predicted octanol–water partition coefficient (Wildman–Crippen LogP) is 3.88. The highest BCUT2D eigenvalue weighted by atomic mass is 32.1. The van der Waals surface area contributed by atoms with Crippen molar-refractivity contribution in [2.24, 2.45) is 0 Å². The number of anilines is 1. The zero-order chi connectivity index (χ0) is 20.7. The van der Waals surface area contributed by atoms with E-state index in [2.05, 4.69) is 32.3 Å². The molecule has 4 heterocycles. The van der Waals surface area contributed by atoms with Gasteiger partial charge in [0.2, 0.25) is 0 Å². The lowest BCUT2D eigenvalue weighted by molar-refractivity contribution is 0.0595. The molecule has 30 heavy (non-hydrogen) atoms. The first kappa shape index (κ1) is 19.4. The number of nitrogens with zero attached hydrogens (tertiary/aromatic N) is 4. The summed E-state index contributed by atoms with van der Waals surface area (Å²) in [4.78, 5) is 38.1. The molecule has 8 heteroatoms. The first-order valence-corrected chi connectivity index (χ1v) is 11.8. The van der Waals surface area contributed by atoms with Crippen molar-refractivity contribution in [2.45, 2.75) is 19.5 Å². The number of imide groups is 1. The second kappa shape index (κ2) is 7.94. The quantitative estimate of drug-likeness (QED) is 0.566. The minimum atomic E-state index is -0.368. The number of carbonyl (C=O) groups is 2. The van der Waals surface area contributed by atoms with Crippen LogP contribution in [0.2, 0.25) is 0 Å². The maximum Gasteiger partial charge on any atom is 0.264 e. The Balaban J connectivity index is 1.36. The summed E-state index contributed by atoms with van der Waals surface area (Å²) in [5, 5.41) is 4.75.